The van der Waals surface area contributed by atoms with E-state index >= 15 is 0 Å². The normalized spacial score (nSPS) is 15.7. The Labute approximate surface area is 122 Å². The Kier molecular flexibility index (Phi) is 5.64. The van der Waals surface area contributed by atoms with Crippen molar-refractivity contribution in [1.29, 1.82) is 0 Å². The maximum atomic E-state index is 12.3. The van der Waals surface area contributed by atoms with Crippen molar-refractivity contribution < 1.29 is 0 Å². The lowest BCUT2D eigenvalue weighted by molar-refractivity contribution is 0.403. The van der Waals surface area contributed by atoms with Crippen molar-refractivity contribution in [3.63, 3.8) is 0 Å². The second-order valence-corrected chi connectivity index (χ2v) is 5.61. The van der Waals surface area contributed by atoms with E-state index in [0.717, 1.165) is 13.7 Å². The number of nitrogens with two attached hydrogens (primary N) is 3. The first-order valence-electron chi connectivity index (χ1n) is 6.86. The summed E-state index contributed by atoms with van der Waals surface area (Å²) in [6.45, 7) is 5.08. The van der Waals surface area contributed by atoms with E-state index in [0.29, 0.717) is 0 Å². The fourth-order valence-corrected chi connectivity index (χ4v) is 2.02. The zero-order valence-electron chi connectivity index (χ0n) is 12.7. The molecule has 9 nitrogen and oxygen atoms in total. The lowest BCUT2D eigenvalue weighted by atomic mass is 10.3. The molecule has 1 aromatic heterocycles. The molecule has 3 atom stereocenters. The summed E-state index contributed by atoms with van der Waals surface area (Å²) in [6.07, 6.45) is 0. The SMILES string of the molecule is CC(N)Cn1c(=O)n(CC(C)N)c(=O)n(CC(C)N)c1=O. The molecule has 0 saturated carbocycles. The van der Waals surface area contributed by atoms with Crippen LogP contribution in [0.2, 0.25) is 0 Å². The molecule has 0 amide bonds. The van der Waals surface area contributed by atoms with Crippen molar-refractivity contribution in [1.82, 2.24) is 13.7 Å². The average Bonchev–Trinajstić information content (AvgIpc) is 2.35. The Morgan fingerprint density at radius 2 is 0.857 bits per heavy atom. The summed E-state index contributed by atoms with van der Waals surface area (Å²) in [7, 11) is 0. The highest BCUT2D eigenvalue weighted by Gasteiger charge is 2.17. The van der Waals surface area contributed by atoms with Gasteiger partial charge in [-0.1, -0.05) is 0 Å². The lowest BCUT2D eigenvalue weighted by Crippen LogP contribution is -2.57. The summed E-state index contributed by atoms with van der Waals surface area (Å²) in [5, 5.41) is 0. The van der Waals surface area contributed by atoms with Crippen LogP contribution in [0.15, 0.2) is 14.4 Å². The maximum Gasteiger partial charge on any atom is 0.336 e. The molecular formula is C12H24N6O3. The molecule has 0 fully saturated rings. The summed E-state index contributed by atoms with van der Waals surface area (Å²) in [5.74, 6) is 0. The molecule has 0 spiro atoms. The first-order valence-corrected chi connectivity index (χ1v) is 6.86. The fourth-order valence-electron chi connectivity index (χ4n) is 2.02. The van der Waals surface area contributed by atoms with Crippen LogP contribution < -0.4 is 34.3 Å². The van der Waals surface area contributed by atoms with Gasteiger partial charge in [0.25, 0.3) is 0 Å². The van der Waals surface area contributed by atoms with Gasteiger partial charge >= 0.3 is 17.1 Å². The van der Waals surface area contributed by atoms with Gasteiger partial charge in [-0.05, 0) is 20.8 Å². The Morgan fingerprint density at radius 1 is 0.667 bits per heavy atom. The van der Waals surface area contributed by atoms with Gasteiger partial charge < -0.3 is 17.2 Å². The van der Waals surface area contributed by atoms with E-state index in [1.54, 1.807) is 20.8 Å². The van der Waals surface area contributed by atoms with Crippen LogP contribution in [0, 0.1) is 0 Å². The van der Waals surface area contributed by atoms with Crippen LogP contribution in [0.25, 0.3) is 0 Å². The molecule has 1 rings (SSSR count). The first kappa shape index (κ1) is 17.3. The van der Waals surface area contributed by atoms with Gasteiger partial charge in [-0.2, -0.15) is 0 Å². The molecule has 1 aromatic rings. The zero-order chi connectivity index (χ0) is 16.3. The third kappa shape index (κ3) is 4.13. The fraction of sp³-hybridized carbons (Fsp3) is 0.750. The van der Waals surface area contributed by atoms with E-state index in [2.05, 4.69) is 0 Å². The standard InChI is InChI=1S/C12H24N6O3/c1-7(13)4-16-10(19)17(5-8(2)14)12(21)18(11(16)20)6-9(3)15/h7-9H,4-6,13-15H2,1-3H3. The molecule has 21 heavy (non-hydrogen) atoms. The molecule has 6 N–H and O–H groups in total. The van der Waals surface area contributed by atoms with Crippen LogP contribution in [-0.4, -0.2) is 31.8 Å². The Bertz CT molecular complexity index is 532. The molecule has 9 heteroatoms. The highest BCUT2D eigenvalue weighted by atomic mass is 16.2. The van der Waals surface area contributed by atoms with Crippen molar-refractivity contribution in [3.8, 4) is 0 Å². The van der Waals surface area contributed by atoms with Crippen LogP contribution in [0.4, 0.5) is 0 Å². The molecule has 0 bridgehead atoms. The molecule has 0 aliphatic carbocycles. The smallest absolute Gasteiger partial charge is 0.326 e. The third-order valence-electron chi connectivity index (χ3n) is 2.80. The average molecular weight is 300 g/mol. The van der Waals surface area contributed by atoms with E-state index < -0.39 is 35.2 Å². The molecule has 0 aliphatic heterocycles. The molecule has 0 aromatic carbocycles. The number of aromatic nitrogens is 3. The number of rotatable bonds is 6. The topological polar surface area (TPSA) is 144 Å². The highest BCUT2D eigenvalue weighted by Crippen LogP contribution is 1.85. The van der Waals surface area contributed by atoms with E-state index in [1.807, 2.05) is 0 Å². The minimum atomic E-state index is -0.694. The van der Waals surface area contributed by atoms with Crippen molar-refractivity contribution in [2.75, 3.05) is 0 Å². The van der Waals surface area contributed by atoms with Crippen LogP contribution in [0.1, 0.15) is 20.8 Å². The molecule has 3 unspecified atom stereocenters. The maximum absolute atomic E-state index is 12.3. The summed E-state index contributed by atoms with van der Waals surface area (Å²) in [5.41, 5.74) is 14.9. The van der Waals surface area contributed by atoms with Crippen molar-refractivity contribution in [3.05, 3.63) is 31.5 Å². The Balaban J connectivity index is 3.62. The van der Waals surface area contributed by atoms with Crippen molar-refractivity contribution in [2.45, 2.75) is 58.5 Å². The minimum Gasteiger partial charge on any atom is -0.326 e. The Hall–Kier alpha value is -1.71. The molecule has 0 radical (unpaired) electrons. The van der Waals surface area contributed by atoms with Crippen LogP contribution in [0.5, 0.6) is 0 Å². The van der Waals surface area contributed by atoms with Crippen LogP contribution in [-0.2, 0) is 19.6 Å². The van der Waals surface area contributed by atoms with Gasteiger partial charge in [0.1, 0.15) is 0 Å². The predicted octanol–water partition coefficient (Wildman–Crippen LogP) is -2.79. The largest absolute Gasteiger partial charge is 0.336 e. The minimum absolute atomic E-state index is 0.0237. The van der Waals surface area contributed by atoms with Gasteiger partial charge in [0, 0.05) is 37.8 Å². The molecule has 1 heterocycles. The van der Waals surface area contributed by atoms with Gasteiger partial charge in [-0.25, -0.2) is 28.1 Å². The first-order chi connectivity index (χ1) is 9.65. The Morgan fingerprint density at radius 3 is 1.00 bits per heavy atom. The predicted molar refractivity (Wildman–Crippen MR) is 80.2 cm³/mol. The summed E-state index contributed by atoms with van der Waals surface area (Å²) < 4.78 is 2.87. The zero-order valence-corrected chi connectivity index (χ0v) is 12.7. The summed E-state index contributed by atoms with van der Waals surface area (Å²) in [6, 6.07) is -1.21. The van der Waals surface area contributed by atoms with Crippen molar-refractivity contribution in [2.24, 2.45) is 17.2 Å². The van der Waals surface area contributed by atoms with E-state index in [4.69, 9.17) is 17.2 Å². The molecule has 0 aliphatic rings. The van der Waals surface area contributed by atoms with Gasteiger partial charge in [-0.3, -0.25) is 0 Å². The summed E-state index contributed by atoms with van der Waals surface area (Å²) >= 11 is 0. The highest BCUT2D eigenvalue weighted by molar-refractivity contribution is 4.82. The van der Waals surface area contributed by atoms with Gasteiger partial charge in [0.15, 0.2) is 0 Å². The van der Waals surface area contributed by atoms with Crippen LogP contribution in [0.3, 0.4) is 0 Å². The third-order valence-corrected chi connectivity index (χ3v) is 2.80. The van der Waals surface area contributed by atoms with E-state index in [-0.39, 0.29) is 19.6 Å². The second kappa shape index (κ2) is 6.83. The lowest BCUT2D eigenvalue weighted by Gasteiger charge is -2.17. The van der Waals surface area contributed by atoms with Crippen LogP contribution >= 0.6 is 0 Å². The number of hydrogen-bond donors (Lipinski definition) is 3. The summed E-state index contributed by atoms with van der Waals surface area (Å²) in [4.78, 5) is 36.9. The quantitative estimate of drug-likeness (QED) is 0.518. The number of nitrogens with zero attached hydrogens (tertiary/aromatic N) is 3. The number of hydrogen-bond acceptors (Lipinski definition) is 6. The second-order valence-electron chi connectivity index (χ2n) is 5.61. The van der Waals surface area contributed by atoms with Gasteiger partial charge in [0.2, 0.25) is 0 Å². The molecule has 120 valence electrons. The van der Waals surface area contributed by atoms with Gasteiger partial charge in [0.05, 0.1) is 0 Å². The monoisotopic (exact) mass is 300 g/mol. The molecule has 0 saturated heterocycles. The van der Waals surface area contributed by atoms with Gasteiger partial charge in [-0.15, -0.1) is 0 Å². The molecular weight excluding hydrogens is 276 g/mol. The van der Waals surface area contributed by atoms with E-state index in [9.17, 15) is 14.4 Å². The van der Waals surface area contributed by atoms with E-state index in [1.165, 1.54) is 0 Å². The van der Waals surface area contributed by atoms with Crippen molar-refractivity contribution >= 4 is 0 Å².